The number of halogens is 1. The van der Waals surface area contributed by atoms with Crippen LogP contribution in [0.3, 0.4) is 0 Å². The maximum atomic E-state index is 12.9. The lowest BCUT2D eigenvalue weighted by atomic mass is 9.93. The van der Waals surface area contributed by atoms with E-state index < -0.39 is 6.04 Å². The van der Waals surface area contributed by atoms with Crippen LogP contribution in [-0.4, -0.2) is 41.9 Å². The van der Waals surface area contributed by atoms with Crippen molar-refractivity contribution in [3.05, 3.63) is 35.9 Å². The Bertz CT molecular complexity index is 586. The molecule has 1 unspecified atom stereocenters. The molecule has 0 bridgehead atoms. The molecule has 0 aromatic heterocycles. The number of hydrogen-bond acceptors (Lipinski definition) is 3. The van der Waals surface area contributed by atoms with Gasteiger partial charge in [0.05, 0.1) is 12.0 Å². The van der Waals surface area contributed by atoms with Crippen LogP contribution in [0.25, 0.3) is 0 Å². The summed E-state index contributed by atoms with van der Waals surface area (Å²) >= 11 is 0. The van der Waals surface area contributed by atoms with Gasteiger partial charge in [-0.3, -0.25) is 9.59 Å². The molecule has 27 heavy (non-hydrogen) atoms. The Morgan fingerprint density at radius 1 is 1.19 bits per heavy atom. The minimum atomic E-state index is -0.447. The van der Waals surface area contributed by atoms with Gasteiger partial charge in [-0.1, -0.05) is 51.1 Å². The maximum Gasteiger partial charge on any atom is 0.237 e. The van der Waals surface area contributed by atoms with Crippen LogP contribution in [0.1, 0.15) is 57.9 Å². The van der Waals surface area contributed by atoms with Gasteiger partial charge in [0.1, 0.15) is 0 Å². The van der Waals surface area contributed by atoms with E-state index in [0.717, 1.165) is 24.8 Å². The van der Waals surface area contributed by atoms with Gasteiger partial charge in [-0.2, -0.15) is 0 Å². The van der Waals surface area contributed by atoms with Crippen LogP contribution in [0.15, 0.2) is 30.3 Å². The molecule has 1 fully saturated rings. The van der Waals surface area contributed by atoms with Crippen molar-refractivity contribution in [2.45, 2.75) is 64.5 Å². The standard InChI is InChI=1S/C21H33N3O2.ClH/c1-4-18(16-8-6-5-7-9-16)21(26)24-12-10-17(11-13-24)23-20(25)19(22)14-15(2)3;/h5-9,15,17-19H,4,10-14,22H2,1-3H3,(H,23,25);1H/t18?,19-;/m0./s1. The fraction of sp³-hybridized carbons (Fsp3) is 0.619. The molecule has 2 amide bonds. The van der Waals surface area contributed by atoms with Crippen LogP contribution < -0.4 is 11.1 Å². The summed E-state index contributed by atoms with van der Waals surface area (Å²) in [5, 5.41) is 3.06. The number of benzene rings is 1. The molecule has 5 nitrogen and oxygen atoms in total. The van der Waals surface area contributed by atoms with Gasteiger partial charge in [-0.25, -0.2) is 0 Å². The summed E-state index contributed by atoms with van der Waals surface area (Å²) in [6.45, 7) is 7.56. The summed E-state index contributed by atoms with van der Waals surface area (Å²) in [7, 11) is 0. The second-order valence-electron chi connectivity index (χ2n) is 7.72. The molecule has 3 N–H and O–H groups in total. The SMILES string of the molecule is CCC(C(=O)N1CCC(NC(=O)[C@@H](N)CC(C)C)CC1)c1ccccc1.Cl. The summed E-state index contributed by atoms with van der Waals surface area (Å²) in [5.41, 5.74) is 7.04. The molecule has 1 saturated heterocycles. The molecule has 1 aliphatic rings. The van der Waals surface area contributed by atoms with E-state index >= 15 is 0 Å². The average Bonchev–Trinajstić information content (AvgIpc) is 2.63. The smallest absolute Gasteiger partial charge is 0.237 e. The van der Waals surface area contributed by atoms with E-state index in [1.165, 1.54) is 0 Å². The predicted molar refractivity (Wildman–Crippen MR) is 112 cm³/mol. The fourth-order valence-electron chi connectivity index (χ4n) is 3.63. The molecule has 0 radical (unpaired) electrons. The average molecular weight is 396 g/mol. The number of carbonyl (C=O) groups is 2. The molecule has 1 aliphatic heterocycles. The van der Waals surface area contributed by atoms with Crippen LogP contribution >= 0.6 is 12.4 Å². The molecule has 1 aromatic rings. The molecule has 6 heteroatoms. The van der Waals surface area contributed by atoms with Crippen LogP contribution in [0, 0.1) is 5.92 Å². The van der Waals surface area contributed by atoms with Crippen molar-refractivity contribution in [2.24, 2.45) is 11.7 Å². The minimum absolute atomic E-state index is 0. The highest BCUT2D eigenvalue weighted by atomic mass is 35.5. The highest BCUT2D eigenvalue weighted by molar-refractivity contribution is 5.85. The van der Waals surface area contributed by atoms with Crippen molar-refractivity contribution in [1.29, 1.82) is 0 Å². The molecule has 1 aromatic carbocycles. The Balaban J connectivity index is 0.00000364. The summed E-state index contributed by atoms with van der Waals surface area (Å²) in [5.74, 6) is 0.445. The highest BCUT2D eigenvalue weighted by Crippen LogP contribution is 2.24. The van der Waals surface area contributed by atoms with E-state index in [2.05, 4.69) is 26.1 Å². The Hall–Kier alpha value is -1.59. The van der Waals surface area contributed by atoms with Crippen LogP contribution in [0.5, 0.6) is 0 Å². The van der Waals surface area contributed by atoms with Crippen molar-refractivity contribution in [3.8, 4) is 0 Å². The van der Waals surface area contributed by atoms with Gasteiger partial charge in [-0.15, -0.1) is 12.4 Å². The molecular weight excluding hydrogens is 362 g/mol. The zero-order valence-corrected chi connectivity index (χ0v) is 17.5. The first-order valence-electron chi connectivity index (χ1n) is 9.82. The van der Waals surface area contributed by atoms with E-state index in [0.29, 0.717) is 25.4 Å². The molecule has 0 aliphatic carbocycles. The van der Waals surface area contributed by atoms with Crippen molar-refractivity contribution >= 4 is 24.2 Å². The number of piperidine rings is 1. The van der Waals surface area contributed by atoms with Crippen molar-refractivity contribution < 1.29 is 9.59 Å². The lowest BCUT2D eigenvalue weighted by Gasteiger charge is -2.35. The lowest BCUT2D eigenvalue weighted by Crippen LogP contribution is -2.51. The van der Waals surface area contributed by atoms with Crippen molar-refractivity contribution in [3.63, 3.8) is 0 Å². The summed E-state index contributed by atoms with van der Waals surface area (Å²) in [6, 6.07) is 9.64. The summed E-state index contributed by atoms with van der Waals surface area (Å²) in [6.07, 6.45) is 3.07. The van der Waals surface area contributed by atoms with Crippen LogP contribution in [0.4, 0.5) is 0 Å². The van der Waals surface area contributed by atoms with Crippen molar-refractivity contribution in [1.82, 2.24) is 10.2 Å². The quantitative estimate of drug-likeness (QED) is 0.744. The maximum absolute atomic E-state index is 12.9. The van der Waals surface area contributed by atoms with Gasteiger partial charge >= 0.3 is 0 Å². The Morgan fingerprint density at radius 3 is 2.30 bits per heavy atom. The summed E-state index contributed by atoms with van der Waals surface area (Å²) < 4.78 is 0. The van der Waals surface area contributed by atoms with Crippen LogP contribution in [-0.2, 0) is 9.59 Å². The van der Waals surface area contributed by atoms with Gasteiger partial charge in [0.15, 0.2) is 0 Å². The van der Waals surface area contributed by atoms with E-state index in [-0.39, 0.29) is 36.2 Å². The number of hydrogen-bond donors (Lipinski definition) is 2. The van der Waals surface area contributed by atoms with E-state index in [4.69, 9.17) is 5.73 Å². The Labute approximate surface area is 169 Å². The first-order chi connectivity index (χ1) is 12.4. The van der Waals surface area contributed by atoms with Gasteiger partial charge in [0.25, 0.3) is 0 Å². The number of nitrogens with one attached hydrogen (secondary N) is 1. The third-order valence-electron chi connectivity index (χ3n) is 5.12. The van der Waals surface area contributed by atoms with Crippen molar-refractivity contribution in [2.75, 3.05) is 13.1 Å². The number of likely N-dealkylation sites (tertiary alicyclic amines) is 1. The first kappa shape index (κ1) is 23.4. The van der Waals surface area contributed by atoms with Gasteiger partial charge in [0, 0.05) is 19.1 Å². The number of nitrogens with zero attached hydrogens (tertiary/aromatic N) is 1. The monoisotopic (exact) mass is 395 g/mol. The molecule has 2 rings (SSSR count). The van der Waals surface area contributed by atoms with Gasteiger partial charge in [0.2, 0.25) is 11.8 Å². The normalized spacial score (nSPS) is 17.1. The Morgan fingerprint density at radius 2 is 1.78 bits per heavy atom. The zero-order valence-electron chi connectivity index (χ0n) is 16.7. The highest BCUT2D eigenvalue weighted by Gasteiger charge is 2.29. The number of amides is 2. The third-order valence-corrected chi connectivity index (χ3v) is 5.12. The topological polar surface area (TPSA) is 75.4 Å². The first-order valence-corrected chi connectivity index (χ1v) is 9.82. The largest absolute Gasteiger partial charge is 0.352 e. The van der Waals surface area contributed by atoms with E-state index in [9.17, 15) is 9.59 Å². The fourth-order valence-corrected chi connectivity index (χ4v) is 3.63. The molecule has 1 heterocycles. The summed E-state index contributed by atoms with van der Waals surface area (Å²) in [4.78, 5) is 27.0. The van der Waals surface area contributed by atoms with Gasteiger partial charge in [-0.05, 0) is 37.2 Å². The lowest BCUT2D eigenvalue weighted by molar-refractivity contribution is -0.134. The molecular formula is C21H34ClN3O2. The third kappa shape index (κ3) is 6.82. The number of carbonyl (C=O) groups excluding carboxylic acids is 2. The predicted octanol–water partition coefficient (Wildman–Crippen LogP) is 3.08. The molecule has 0 spiro atoms. The number of rotatable bonds is 7. The zero-order chi connectivity index (χ0) is 19.1. The Kier molecular flexibility index (Phi) is 9.81. The van der Waals surface area contributed by atoms with Crippen LogP contribution in [0.2, 0.25) is 0 Å². The molecule has 152 valence electrons. The molecule has 2 atom stereocenters. The van der Waals surface area contributed by atoms with E-state index in [1.807, 2.05) is 35.2 Å². The second kappa shape index (κ2) is 11.3. The van der Waals surface area contributed by atoms with Gasteiger partial charge < -0.3 is 16.0 Å². The molecule has 0 saturated carbocycles. The van der Waals surface area contributed by atoms with E-state index in [1.54, 1.807) is 0 Å². The number of nitrogens with two attached hydrogens (primary N) is 1. The minimum Gasteiger partial charge on any atom is -0.352 e. The second-order valence-corrected chi connectivity index (χ2v) is 7.72.